The number of aliphatic hydroxyl groups is 1. The average molecular weight is 247 g/mol. The van der Waals surface area contributed by atoms with Crippen molar-refractivity contribution in [3.05, 3.63) is 71.8 Å². The third-order valence-electron chi connectivity index (χ3n) is 2.96. The van der Waals surface area contributed by atoms with Crippen LogP contribution in [-0.2, 0) is 5.60 Å². The fourth-order valence-electron chi connectivity index (χ4n) is 2.02. The second kappa shape index (κ2) is 5.35. The lowest BCUT2D eigenvalue weighted by Crippen LogP contribution is -2.27. The van der Waals surface area contributed by atoms with Crippen molar-refractivity contribution in [2.45, 2.75) is 12.0 Å². The number of rotatable bonds is 4. The number of hydrogen-bond acceptors (Lipinski definition) is 1. The van der Waals surface area contributed by atoms with Gasteiger partial charge in [0.15, 0.2) is 0 Å². The zero-order valence-electron chi connectivity index (χ0n) is 9.51. The molecule has 1 N–H and O–H groups in total. The van der Waals surface area contributed by atoms with E-state index in [2.05, 4.69) is 0 Å². The second-order valence-corrected chi connectivity index (χ2v) is 4.41. The first-order chi connectivity index (χ1) is 8.27. The van der Waals surface area contributed by atoms with Crippen LogP contribution >= 0.6 is 11.6 Å². The van der Waals surface area contributed by atoms with Crippen molar-refractivity contribution in [1.82, 2.24) is 0 Å². The van der Waals surface area contributed by atoms with Crippen molar-refractivity contribution < 1.29 is 5.11 Å². The second-order valence-electron chi connectivity index (χ2n) is 4.03. The number of alkyl halides is 1. The Balaban J connectivity index is 2.47. The van der Waals surface area contributed by atoms with Gasteiger partial charge in [-0.1, -0.05) is 60.7 Å². The van der Waals surface area contributed by atoms with Crippen LogP contribution in [0.15, 0.2) is 60.7 Å². The Morgan fingerprint density at radius 1 is 0.824 bits per heavy atom. The summed E-state index contributed by atoms with van der Waals surface area (Å²) < 4.78 is 0. The van der Waals surface area contributed by atoms with E-state index in [-0.39, 0.29) is 0 Å². The molecule has 0 fully saturated rings. The van der Waals surface area contributed by atoms with Crippen molar-refractivity contribution in [3.63, 3.8) is 0 Å². The molecule has 0 aliphatic carbocycles. The van der Waals surface area contributed by atoms with Crippen molar-refractivity contribution in [3.8, 4) is 0 Å². The summed E-state index contributed by atoms with van der Waals surface area (Å²) >= 11 is 5.83. The summed E-state index contributed by atoms with van der Waals surface area (Å²) in [5.74, 6) is 0.417. The van der Waals surface area contributed by atoms with E-state index in [9.17, 15) is 5.11 Å². The third kappa shape index (κ3) is 2.51. The summed E-state index contributed by atoms with van der Waals surface area (Å²) in [4.78, 5) is 0. The van der Waals surface area contributed by atoms with Crippen LogP contribution in [0, 0.1) is 0 Å². The Morgan fingerprint density at radius 2 is 1.24 bits per heavy atom. The van der Waals surface area contributed by atoms with Crippen LogP contribution in [0.1, 0.15) is 17.5 Å². The smallest absolute Gasteiger partial charge is 0.116 e. The van der Waals surface area contributed by atoms with Gasteiger partial charge in [-0.05, 0) is 17.5 Å². The molecule has 0 spiro atoms. The fraction of sp³-hybridized carbons (Fsp3) is 0.200. The molecule has 2 rings (SSSR count). The Hall–Kier alpha value is -1.31. The molecule has 0 heterocycles. The topological polar surface area (TPSA) is 20.2 Å². The molecule has 0 aliphatic heterocycles. The van der Waals surface area contributed by atoms with Gasteiger partial charge in [0.2, 0.25) is 0 Å². The van der Waals surface area contributed by atoms with Crippen molar-refractivity contribution in [1.29, 1.82) is 0 Å². The van der Waals surface area contributed by atoms with E-state index < -0.39 is 5.60 Å². The van der Waals surface area contributed by atoms with Gasteiger partial charge in [-0.3, -0.25) is 0 Å². The Labute approximate surface area is 107 Å². The summed E-state index contributed by atoms with van der Waals surface area (Å²) in [6, 6.07) is 19.3. The zero-order valence-corrected chi connectivity index (χ0v) is 10.3. The molecule has 0 aliphatic rings. The molecule has 0 bridgehead atoms. The van der Waals surface area contributed by atoms with Crippen LogP contribution in [0.25, 0.3) is 0 Å². The highest BCUT2D eigenvalue weighted by molar-refractivity contribution is 6.17. The monoisotopic (exact) mass is 246 g/mol. The van der Waals surface area contributed by atoms with E-state index in [1.165, 1.54) is 0 Å². The summed E-state index contributed by atoms with van der Waals surface area (Å²) in [5.41, 5.74) is 0.767. The molecule has 0 radical (unpaired) electrons. The first kappa shape index (κ1) is 12.2. The van der Waals surface area contributed by atoms with Crippen molar-refractivity contribution in [2.75, 3.05) is 5.88 Å². The number of halogens is 1. The minimum atomic E-state index is -0.996. The average Bonchev–Trinajstić information content (AvgIpc) is 2.41. The minimum Gasteiger partial charge on any atom is -0.380 e. The molecular formula is C15H15ClO. The van der Waals surface area contributed by atoms with Crippen molar-refractivity contribution >= 4 is 11.6 Å². The van der Waals surface area contributed by atoms with Crippen LogP contribution in [0.4, 0.5) is 0 Å². The Bertz CT molecular complexity index is 413. The van der Waals surface area contributed by atoms with Gasteiger partial charge in [0.25, 0.3) is 0 Å². The summed E-state index contributed by atoms with van der Waals surface area (Å²) in [5, 5.41) is 10.9. The molecule has 0 saturated heterocycles. The standard InChI is InChI=1S/C15H15ClO/c16-12-11-15(17,13-7-3-1-4-8-13)14-9-5-2-6-10-14/h1-10,17H,11-12H2. The quantitative estimate of drug-likeness (QED) is 0.818. The number of hydrogen-bond donors (Lipinski definition) is 1. The number of benzene rings is 2. The third-order valence-corrected chi connectivity index (χ3v) is 3.15. The highest BCUT2D eigenvalue weighted by Crippen LogP contribution is 2.32. The lowest BCUT2D eigenvalue weighted by Gasteiger charge is -2.28. The predicted molar refractivity (Wildman–Crippen MR) is 71.2 cm³/mol. The lowest BCUT2D eigenvalue weighted by atomic mass is 9.84. The maximum Gasteiger partial charge on any atom is 0.116 e. The highest BCUT2D eigenvalue weighted by Gasteiger charge is 2.30. The van der Waals surface area contributed by atoms with E-state index in [1.807, 2.05) is 60.7 Å². The maximum absolute atomic E-state index is 10.9. The zero-order chi connectivity index (χ0) is 12.1. The van der Waals surface area contributed by atoms with Gasteiger partial charge < -0.3 is 5.11 Å². The molecule has 0 aromatic heterocycles. The van der Waals surface area contributed by atoms with E-state index in [4.69, 9.17) is 11.6 Å². The van der Waals surface area contributed by atoms with E-state index in [0.717, 1.165) is 11.1 Å². The molecule has 0 amide bonds. The molecule has 0 saturated carbocycles. The Morgan fingerprint density at radius 3 is 1.59 bits per heavy atom. The normalized spacial score (nSPS) is 11.4. The van der Waals surface area contributed by atoms with E-state index in [0.29, 0.717) is 12.3 Å². The van der Waals surface area contributed by atoms with Gasteiger partial charge in [0, 0.05) is 5.88 Å². The van der Waals surface area contributed by atoms with Gasteiger partial charge in [0.1, 0.15) is 5.60 Å². The van der Waals surface area contributed by atoms with Crippen LogP contribution in [0.3, 0.4) is 0 Å². The molecule has 2 aromatic rings. The molecule has 2 heteroatoms. The van der Waals surface area contributed by atoms with E-state index in [1.54, 1.807) is 0 Å². The lowest BCUT2D eigenvalue weighted by molar-refractivity contribution is 0.0775. The van der Waals surface area contributed by atoms with Gasteiger partial charge in [0.05, 0.1) is 0 Å². The first-order valence-electron chi connectivity index (χ1n) is 5.67. The molecule has 17 heavy (non-hydrogen) atoms. The largest absolute Gasteiger partial charge is 0.380 e. The van der Waals surface area contributed by atoms with Gasteiger partial charge >= 0.3 is 0 Å². The van der Waals surface area contributed by atoms with Crippen LogP contribution in [-0.4, -0.2) is 11.0 Å². The van der Waals surface area contributed by atoms with E-state index >= 15 is 0 Å². The van der Waals surface area contributed by atoms with Crippen LogP contribution in [0.5, 0.6) is 0 Å². The Kier molecular flexibility index (Phi) is 3.82. The van der Waals surface area contributed by atoms with Crippen LogP contribution < -0.4 is 0 Å². The van der Waals surface area contributed by atoms with Gasteiger partial charge in [-0.25, -0.2) is 0 Å². The van der Waals surface area contributed by atoms with Gasteiger partial charge in [-0.15, -0.1) is 11.6 Å². The predicted octanol–water partition coefficient (Wildman–Crippen LogP) is 3.55. The van der Waals surface area contributed by atoms with Gasteiger partial charge in [-0.2, -0.15) is 0 Å². The molecule has 0 unspecified atom stereocenters. The van der Waals surface area contributed by atoms with Crippen molar-refractivity contribution in [2.24, 2.45) is 0 Å². The summed E-state index contributed by atoms with van der Waals surface area (Å²) in [6.07, 6.45) is 0.503. The SMILES string of the molecule is OC(CCCl)(c1ccccc1)c1ccccc1. The summed E-state index contributed by atoms with van der Waals surface area (Å²) in [7, 11) is 0. The molecule has 1 nitrogen and oxygen atoms in total. The molecule has 2 aromatic carbocycles. The molecule has 0 atom stereocenters. The minimum absolute atomic E-state index is 0.417. The highest BCUT2D eigenvalue weighted by atomic mass is 35.5. The summed E-state index contributed by atoms with van der Waals surface area (Å²) in [6.45, 7) is 0. The maximum atomic E-state index is 10.9. The first-order valence-corrected chi connectivity index (χ1v) is 6.20. The van der Waals surface area contributed by atoms with Crippen LogP contribution in [0.2, 0.25) is 0 Å². The molecule has 88 valence electrons. The molecular weight excluding hydrogens is 232 g/mol. The fourth-order valence-corrected chi connectivity index (χ4v) is 2.29.